The van der Waals surface area contributed by atoms with E-state index in [4.69, 9.17) is 0 Å². The Bertz CT molecular complexity index is 930. The van der Waals surface area contributed by atoms with Gasteiger partial charge >= 0.3 is 0 Å². The molecule has 0 unspecified atom stereocenters. The summed E-state index contributed by atoms with van der Waals surface area (Å²) < 4.78 is 12.9. The second-order valence-corrected chi connectivity index (χ2v) is 7.25. The van der Waals surface area contributed by atoms with E-state index in [-0.39, 0.29) is 42.0 Å². The van der Waals surface area contributed by atoms with Crippen LogP contribution >= 0.6 is 0 Å². The molecule has 2 aromatic rings. The SMILES string of the molecule is O=C(CN1CCN(CCC(=O)Nc2ccccc2[N+](=O)[O-])CC1)Nc1ccc(F)cc1. The highest BCUT2D eigenvalue weighted by Crippen LogP contribution is 2.23. The minimum Gasteiger partial charge on any atom is -0.325 e. The molecular formula is C21H24FN5O4. The van der Waals surface area contributed by atoms with E-state index < -0.39 is 4.92 Å². The van der Waals surface area contributed by atoms with E-state index in [2.05, 4.69) is 15.5 Å². The fraction of sp³-hybridized carbons (Fsp3) is 0.333. The molecule has 0 atom stereocenters. The summed E-state index contributed by atoms with van der Waals surface area (Å²) in [6.45, 7) is 3.56. The molecule has 0 aliphatic carbocycles. The first kappa shape index (κ1) is 22.3. The summed E-state index contributed by atoms with van der Waals surface area (Å²) in [7, 11) is 0. The van der Waals surface area contributed by atoms with Crippen LogP contribution in [-0.4, -0.2) is 65.8 Å². The van der Waals surface area contributed by atoms with E-state index in [1.54, 1.807) is 12.1 Å². The van der Waals surface area contributed by atoms with E-state index in [0.29, 0.717) is 38.4 Å². The minimum absolute atomic E-state index is 0.136. The van der Waals surface area contributed by atoms with Gasteiger partial charge in [0.05, 0.1) is 11.5 Å². The maximum Gasteiger partial charge on any atom is 0.292 e. The number of carbonyl (C=O) groups excluding carboxylic acids is 2. The van der Waals surface area contributed by atoms with Gasteiger partial charge in [0, 0.05) is 50.9 Å². The number of benzene rings is 2. The molecule has 2 N–H and O–H groups in total. The summed E-state index contributed by atoms with van der Waals surface area (Å²) >= 11 is 0. The van der Waals surface area contributed by atoms with Crippen LogP contribution in [0.5, 0.6) is 0 Å². The van der Waals surface area contributed by atoms with Crippen LogP contribution < -0.4 is 10.6 Å². The molecule has 2 aromatic carbocycles. The zero-order valence-corrected chi connectivity index (χ0v) is 16.9. The van der Waals surface area contributed by atoms with Crippen molar-refractivity contribution < 1.29 is 18.9 Å². The van der Waals surface area contributed by atoms with Crippen LogP contribution in [0.1, 0.15) is 6.42 Å². The molecule has 0 radical (unpaired) electrons. The average molecular weight is 429 g/mol. The van der Waals surface area contributed by atoms with Gasteiger partial charge in [0.2, 0.25) is 11.8 Å². The molecule has 31 heavy (non-hydrogen) atoms. The minimum atomic E-state index is -0.527. The van der Waals surface area contributed by atoms with Crippen molar-refractivity contribution in [2.45, 2.75) is 6.42 Å². The summed E-state index contributed by atoms with van der Waals surface area (Å²) in [5.74, 6) is -0.802. The molecule has 3 rings (SSSR count). The number of nitrogens with zero attached hydrogens (tertiary/aromatic N) is 3. The molecule has 164 valence electrons. The van der Waals surface area contributed by atoms with Crippen molar-refractivity contribution in [3.05, 3.63) is 64.5 Å². The lowest BCUT2D eigenvalue weighted by Crippen LogP contribution is -2.49. The van der Waals surface area contributed by atoms with E-state index in [1.165, 1.54) is 36.4 Å². The Hall–Kier alpha value is -3.37. The Morgan fingerprint density at radius 3 is 2.26 bits per heavy atom. The third kappa shape index (κ3) is 6.83. The van der Waals surface area contributed by atoms with Gasteiger partial charge in [-0.2, -0.15) is 0 Å². The van der Waals surface area contributed by atoms with Crippen molar-refractivity contribution in [2.75, 3.05) is 49.9 Å². The Kier molecular flexibility index (Phi) is 7.63. The number of amides is 2. The number of nitro benzene ring substituents is 1. The Balaban J connectivity index is 1.37. The van der Waals surface area contributed by atoms with E-state index >= 15 is 0 Å². The van der Waals surface area contributed by atoms with Crippen LogP contribution in [-0.2, 0) is 9.59 Å². The summed E-state index contributed by atoms with van der Waals surface area (Å²) in [6.07, 6.45) is 0.219. The highest BCUT2D eigenvalue weighted by atomic mass is 19.1. The molecule has 1 saturated heterocycles. The monoisotopic (exact) mass is 429 g/mol. The summed E-state index contributed by atoms with van der Waals surface area (Å²) in [4.78, 5) is 39.0. The molecule has 2 amide bonds. The molecule has 10 heteroatoms. The topological polar surface area (TPSA) is 108 Å². The molecule has 0 bridgehead atoms. The van der Waals surface area contributed by atoms with Crippen LogP contribution in [0.3, 0.4) is 0 Å². The number of halogens is 1. The summed E-state index contributed by atoms with van der Waals surface area (Å²) in [5, 5.41) is 16.4. The van der Waals surface area contributed by atoms with Crippen molar-refractivity contribution in [1.82, 2.24) is 9.80 Å². The number of nitro groups is 1. The van der Waals surface area contributed by atoms with Gasteiger partial charge in [-0.25, -0.2) is 4.39 Å². The van der Waals surface area contributed by atoms with Gasteiger partial charge in [-0.15, -0.1) is 0 Å². The van der Waals surface area contributed by atoms with E-state index in [0.717, 1.165) is 0 Å². The fourth-order valence-electron chi connectivity index (χ4n) is 3.32. The number of para-hydroxylation sites is 2. The van der Waals surface area contributed by atoms with Gasteiger partial charge in [0.15, 0.2) is 0 Å². The predicted octanol–water partition coefficient (Wildman–Crippen LogP) is 2.32. The highest BCUT2D eigenvalue weighted by molar-refractivity contribution is 5.93. The first-order valence-corrected chi connectivity index (χ1v) is 9.94. The van der Waals surface area contributed by atoms with Crippen LogP contribution in [0.15, 0.2) is 48.5 Å². The van der Waals surface area contributed by atoms with Gasteiger partial charge in [-0.3, -0.25) is 24.6 Å². The Morgan fingerprint density at radius 2 is 1.58 bits per heavy atom. The van der Waals surface area contributed by atoms with Gasteiger partial charge in [-0.05, 0) is 30.3 Å². The van der Waals surface area contributed by atoms with E-state index in [9.17, 15) is 24.1 Å². The maximum atomic E-state index is 12.9. The molecule has 1 aliphatic heterocycles. The Morgan fingerprint density at radius 1 is 0.935 bits per heavy atom. The van der Waals surface area contributed by atoms with Crippen molar-refractivity contribution >= 4 is 28.9 Å². The molecule has 1 fully saturated rings. The zero-order chi connectivity index (χ0) is 22.2. The van der Waals surface area contributed by atoms with Crippen molar-refractivity contribution in [3.63, 3.8) is 0 Å². The molecule has 1 aliphatic rings. The second kappa shape index (κ2) is 10.6. The largest absolute Gasteiger partial charge is 0.325 e. The summed E-state index contributed by atoms with van der Waals surface area (Å²) in [5.41, 5.74) is 0.604. The number of hydrogen-bond donors (Lipinski definition) is 2. The van der Waals surface area contributed by atoms with Crippen LogP contribution in [0.4, 0.5) is 21.5 Å². The van der Waals surface area contributed by atoms with Gasteiger partial charge in [0.1, 0.15) is 11.5 Å². The first-order valence-electron chi connectivity index (χ1n) is 9.94. The smallest absolute Gasteiger partial charge is 0.292 e. The Labute approximate surface area is 179 Å². The average Bonchev–Trinajstić information content (AvgIpc) is 2.75. The normalized spacial score (nSPS) is 14.7. The number of carbonyl (C=O) groups is 2. The summed E-state index contributed by atoms with van der Waals surface area (Å²) in [6, 6.07) is 11.6. The molecular weight excluding hydrogens is 405 g/mol. The lowest BCUT2D eigenvalue weighted by molar-refractivity contribution is -0.383. The number of anilines is 2. The van der Waals surface area contributed by atoms with Gasteiger partial charge in [0.25, 0.3) is 5.69 Å². The standard InChI is InChI=1S/C21H24FN5O4/c22-16-5-7-17(8-6-16)23-21(29)15-26-13-11-25(12-14-26)10-9-20(28)24-18-3-1-2-4-19(18)27(30)31/h1-8H,9-15H2,(H,23,29)(H,24,28). The molecule has 0 aromatic heterocycles. The lowest BCUT2D eigenvalue weighted by atomic mass is 10.2. The molecule has 0 spiro atoms. The van der Waals surface area contributed by atoms with E-state index in [1.807, 2.05) is 4.90 Å². The van der Waals surface area contributed by atoms with Gasteiger partial charge < -0.3 is 15.5 Å². The lowest BCUT2D eigenvalue weighted by Gasteiger charge is -2.34. The number of nitrogens with one attached hydrogen (secondary N) is 2. The fourth-order valence-corrected chi connectivity index (χ4v) is 3.32. The highest BCUT2D eigenvalue weighted by Gasteiger charge is 2.20. The van der Waals surface area contributed by atoms with Crippen LogP contribution in [0.2, 0.25) is 0 Å². The predicted molar refractivity (Wildman–Crippen MR) is 114 cm³/mol. The third-order valence-electron chi connectivity index (χ3n) is 4.99. The van der Waals surface area contributed by atoms with Crippen molar-refractivity contribution in [1.29, 1.82) is 0 Å². The van der Waals surface area contributed by atoms with Crippen LogP contribution in [0.25, 0.3) is 0 Å². The molecule has 1 heterocycles. The number of piperazine rings is 1. The third-order valence-corrected chi connectivity index (χ3v) is 4.99. The molecule has 9 nitrogen and oxygen atoms in total. The molecule has 0 saturated carbocycles. The van der Waals surface area contributed by atoms with Crippen molar-refractivity contribution in [2.24, 2.45) is 0 Å². The number of rotatable bonds is 8. The van der Waals surface area contributed by atoms with Crippen molar-refractivity contribution in [3.8, 4) is 0 Å². The quantitative estimate of drug-likeness (QED) is 0.493. The maximum absolute atomic E-state index is 12.9. The van der Waals surface area contributed by atoms with Gasteiger partial charge in [-0.1, -0.05) is 12.1 Å². The first-order chi connectivity index (χ1) is 14.9. The second-order valence-electron chi connectivity index (χ2n) is 7.25. The number of hydrogen-bond acceptors (Lipinski definition) is 6. The van der Waals surface area contributed by atoms with Crippen LogP contribution in [0, 0.1) is 15.9 Å². The zero-order valence-electron chi connectivity index (χ0n) is 16.9.